The largest absolute Gasteiger partial charge is 0.491 e. The van der Waals surface area contributed by atoms with Gasteiger partial charge in [0.25, 0.3) is 0 Å². The Balaban J connectivity index is 1.89. The van der Waals surface area contributed by atoms with Crippen molar-refractivity contribution in [3.05, 3.63) is 52.6 Å². The van der Waals surface area contributed by atoms with E-state index in [2.05, 4.69) is 89.6 Å². The number of unbranched alkanes of at least 4 members (excludes halogenated alkanes) is 40. The van der Waals surface area contributed by atoms with Crippen molar-refractivity contribution < 1.29 is 37.9 Å². The Morgan fingerprint density at radius 1 is 0.224 bits per heavy atom. The smallest absolute Gasteiger partial charge is 0.189 e. The first-order valence-corrected chi connectivity index (χ1v) is 41.7. The van der Waals surface area contributed by atoms with Crippen LogP contribution in [0.3, 0.4) is 0 Å². The Morgan fingerprint density at radius 2 is 0.459 bits per heavy atom. The quantitative estimate of drug-likeness (QED) is 0.0527. The highest BCUT2D eigenvalue weighted by Gasteiger charge is 2.30. The highest BCUT2D eigenvalue weighted by Crippen LogP contribution is 2.43. The molecule has 5 rings (SSSR count). The molecule has 3 aromatic rings. The summed E-state index contributed by atoms with van der Waals surface area (Å²) >= 11 is 0. The maximum Gasteiger partial charge on any atom is 0.189 e. The summed E-state index contributed by atoms with van der Waals surface area (Å²) in [6.07, 6.45) is 56.7. The molecule has 0 unspecified atom stereocenters. The van der Waals surface area contributed by atoms with E-state index in [4.69, 9.17) is 47.9 Å². The fourth-order valence-corrected chi connectivity index (χ4v) is 13.3. The fraction of sp³-hybridized carbons (Fsp3) is 0.767. The van der Waals surface area contributed by atoms with Gasteiger partial charge >= 0.3 is 0 Å². The third-order valence-electron chi connectivity index (χ3n) is 19.4. The maximum absolute atomic E-state index is 7.23. The van der Waals surface area contributed by atoms with E-state index in [0.717, 1.165) is 136 Å². The molecule has 0 aromatic carbocycles. The minimum Gasteiger partial charge on any atom is -0.491 e. The Hall–Kier alpha value is -4.84. The molecule has 5 heterocycles. The highest BCUT2D eigenvalue weighted by molar-refractivity contribution is 5.92. The predicted octanol–water partition coefficient (Wildman–Crippen LogP) is 26.6. The van der Waals surface area contributed by atoms with Gasteiger partial charge in [0.1, 0.15) is 28.5 Å². The molecular weight excluding hydrogens is 1220 g/mol. The van der Waals surface area contributed by atoms with Gasteiger partial charge in [-0.05, 0) is 75.6 Å². The minimum atomic E-state index is 0.543. The monoisotopic (exact) mass is 1360 g/mol. The number of hydrogen-bond acceptors (Lipinski definition) is 10. The minimum absolute atomic E-state index is 0.543. The van der Waals surface area contributed by atoms with Gasteiger partial charge in [0, 0.05) is 24.1 Å². The zero-order valence-corrected chi connectivity index (χ0v) is 64.5. The van der Waals surface area contributed by atoms with Crippen LogP contribution in [0.4, 0.5) is 0 Å². The van der Waals surface area contributed by atoms with Crippen LogP contribution in [0.25, 0.3) is 45.1 Å². The van der Waals surface area contributed by atoms with E-state index in [0.29, 0.717) is 117 Å². The molecule has 0 amide bonds. The third-order valence-corrected chi connectivity index (χ3v) is 19.4. The van der Waals surface area contributed by atoms with Crippen molar-refractivity contribution in [3.63, 3.8) is 0 Å². The van der Waals surface area contributed by atoms with E-state index in [-0.39, 0.29) is 0 Å². The Morgan fingerprint density at radius 3 is 0.786 bits per heavy atom. The first kappa shape index (κ1) is 83.8. The van der Waals surface area contributed by atoms with Crippen molar-refractivity contribution in [2.24, 2.45) is 0 Å². The first-order valence-electron chi connectivity index (χ1n) is 41.7. The Kier molecular flexibility index (Phi) is 47.7. The predicted molar refractivity (Wildman–Crippen MR) is 416 cm³/mol. The van der Waals surface area contributed by atoms with Crippen LogP contribution >= 0.6 is 0 Å². The van der Waals surface area contributed by atoms with E-state index in [1.807, 2.05) is 0 Å². The van der Waals surface area contributed by atoms with Crippen LogP contribution < -0.4 is 14.2 Å². The number of rotatable bonds is 66. The number of nitrogens with one attached hydrogen (secondary N) is 2. The number of nitrogens with zero attached hydrogens (tertiary/aromatic N) is 2. The van der Waals surface area contributed by atoms with Gasteiger partial charge < -0.3 is 47.9 Å². The molecule has 2 N–H and O–H groups in total. The number of fused-ring (bicyclic) bond motifs is 8. The molecular formula is C86H146N4O8. The molecule has 0 radical (unpaired) electrons. The zero-order chi connectivity index (χ0) is 69.6. The fourth-order valence-electron chi connectivity index (χ4n) is 13.3. The van der Waals surface area contributed by atoms with E-state index < -0.39 is 0 Å². The topological polar surface area (TPSA) is 131 Å². The van der Waals surface area contributed by atoms with Gasteiger partial charge in [-0.3, -0.25) is 0 Å². The standard InChI is InChI=1S/C86H146N4O8/c1-9-17-25-33-41-49-58-91-66-57-71-72-67-74-81(93-60-51-43-35-27-19-11-3)83(95-62-53-45-37-29-21-13-5)76(88-74)69-78-85(97-64-55-47-39-31-23-15-7)86(98-65-56-48-40-32-24-16-8)79(90-78)70-77-84(96-63-54-46-38-30-22-14-6)82(94-61-52-44-36-28-20-12-4)75(89-77)68-73(87-72)80(71)92-59-50-42-34-26-18-10-2/h67-70,87,89H,9-66H2,1-8H3. The van der Waals surface area contributed by atoms with Crippen LogP contribution in [0.15, 0.2) is 24.3 Å². The van der Waals surface area contributed by atoms with Crippen LogP contribution in [0, 0.1) is 0 Å². The molecule has 0 spiro atoms. The van der Waals surface area contributed by atoms with Gasteiger partial charge in [0.2, 0.25) is 0 Å². The number of aromatic nitrogens is 4. The lowest BCUT2D eigenvalue weighted by atomic mass is 10.1. The zero-order valence-electron chi connectivity index (χ0n) is 64.5. The average molecular weight is 1360 g/mol. The summed E-state index contributed by atoms with van der Waals surface area (Å²) in [5, 5.41) is 0. The summed E-state index contributed by atoms with van der Waals surface area (Å²) in [5.74, 6) is 4.84. The van der Waals surface area contributed by atoms with Gasteiger partial charge in [0.15, 0.2) is 34.5 Å². The highest BCUT2D eigenvalue weighted by atomic mass is 16.5. The molecule has 0 fully saturated rings. The first-order chi connectivity index (χ1) is 48.5. The van der Waals surface area contributed by atoms with Crippen molar-refractivity contribution >= 4 is 45.1 Å². The van der Waals surface area contributed by atoms with Crippen LogP contribution in [-0.4, -0.2) is 79.4 Å². The van der Waals surface area contributed by atoms with E-state index in [9.17, 15) is 0 Å². The van der Waals surface area contributed by atoms with E-state index >= 15 is 0 Å². The number of aromatic amines is 2. The van der Waals surface area contributed by atoms with Crippen LogP contribution in [0.5, 0.6) is 17.2 Å². The molecule has 3 aromatic heterocycles. The van der Waals surface area contributed by atoms with Crippen molar-refractivity contribution in [2.45, 2.75) is 370 Å². The lowest BCUT2D eigenvalue weighted by Crippen LogP contribution is -2.04. The molecule has 0 saturated heterocycles. The van der Waals surface area contributed by atoms with Crippen molar-refractivity contribution in [1.82, 2.24) is 19.9 Å². The van der Waals surface area contributed by atoms with Crippen molar-refractivity contribution in [2.75, 3.05) is 59.5 Å². The molecule has 2 aliphatic rings. The number of H-pyrrole nitrogens is 2. The van der Waals surface area contributed by atoms with E-state index in [1.54, 1.807) is 0 Å². The van der Waals surface area contributed by atoms with Gasteiger partial charge in [-0.2, -0.15) is 0 Å². The molecule has 0 aliphatic carbocycles. The number of hydrogen-bond donors (Lipinski definition) is 2. The van der Waals surface area contributed by atoms with Gasteiger partial charge in [-0.25, -0.2) is 9.97 Å². The maximum atomic E-state index is 7.23. The van der Waals surface area contributed by atoms with E-state index in [1.165, 1.54) is 212 Å². The summed E-state index contributed by atoms with van der Waals surface area (Å²) in [6.45, 7) is 23.5. The number of ether oxygens (including phenoxy) is 8. The van der Waals surface area contributed by atoms with Crippen LogP contribution in [0.2, 0.25) is 0 Å². The molecule has 8 bridgehead atoms. The summed E-state index contributed by atoms with van der Waals surface area (Å²) in [7, 11) is 0. The Bertz CT molecular complexity index is 2730. The van der Waals surface area contributed by atoms with Gasteiger partial charge in [-0.15, -0.1) is 0 Å². The normalized spacial score (nSPS) is 12.4. The summed E-state index contributed by atoms with van der Waals surface area (Å²) in [4.78, 5) is 19.2. The molecule has 2 aliphatic heterocycles. The second-order valence-electron chi connectivity index (χ2n) is 28.5. The van der Waals surface area contributed by atoms with Crippen molar-refractivity contribution in [3.8, 4) is 17.2 Å². The summed E-state index contributed by atoms with van der Waals surface area (Å²) in [5.41, 5.74) is 7.13. The van der Waals surface area contributed by atoms with Gasteiger partial charge in [0.05, 0.1) is 69.4 Å². The molecule has 0 saturated carbocycles. The Labute approximate surface area is 599 Å². The van der Waals surface area contributed by atoms with Crippen LogP contribution in [0.1, 0.15) is 392 Å². The molecule has 12 heteroatoms. The third kappa shape index (κ3) is 33.3. The molecule has 0 atom stereocenters. The summed E-state index contributed by atoms with van der Waals surface area (Å²) < 4.78 is 56.7. The SMILES string of the molecule is CCCCCCCCOCCc1c(OCCCCCCCC)c2cc3[nH]c(cc4nc(cc5nc(cc1[nH]2)C(OCCCCCCCC)=C5OCCCCCCCC)C(OCCCCCCCC)=C4OCCCCCCCC)c(OCCCCCCCC)c3OCCCCCCCC. The van der Waals surface area contributed by atoms with Gasteiger partial charge in [-0.1, -0.05) is 312 Å². The van der Waals surface area contributed by atoms with Crippen molar-refractivity contribution in [1.29, 1.82) is 0 Å². The molecule has 558 valence electrons. The van der Waals surface area contributed by atoms with Crippen LogP contribution in [-0.2, 0) is 30.1 Å². The molecule has 12 nitrogen and oxygen atoms in total. The second kappa shape index (κ2) is 55.8. The second-order valence-corrected chi connectivity index (χ2v) is 28.5. The lowest BCUT2D eigenvalue weighted by molar-refractivity contribution is 0.132. The molecule has 98 heavy (non-hydrogen) atoms. The summed E-state index contributed by atoms with van der Waals surface area (Å²) in [6, 6.07) is 8.63. The average Bonchev–Trinajstić information content (AvgIpc) is 1.62. The lowest BCUT2D eigenvalue weighted by Gasteiger charge is -2.13.